The van der Waals surface area contributed by atoms with E-state index in [0.717, 1.165) is 63.1 Å². The zero-order valence-electron chi connectivity index (χ0n) is 12.6. The third-order valence-electron chi connectivity index (χ3n) is 4.76. The highest BCUT2D eigenvalue weighted by molar-refractivity contribution is 5.77. The summed E-state index contributed by atoms with van der Waals surface area (Å²) in [6, 6.07) is -0.0698. The van der Waals surface area contributed by atoms with Crippen LogP contribution in [0.5, 0.6) is 0 Å². The van der Waals surface area contributed by atoms with Crippen molar-refractivity contribution < 1.29 is 9.90 Å². The Morgan fingerprint density at radius 1 is 1.33 bits per heavy atom. The van der Waals surface area contributed by atoms with Crippen LogP contribution in [0.15, 0.2) is 0 Å². The maximum atomic E-state index is 12.3. The van der Waals surface area contributed by atoms with Crippen LogP contribution < -0.4 is 5.32 Å². The molecule has 1 aliphatic heterocycles. The highest BCUT2D eigenvalue weighted by atomic mass is 16.3. The lowest BCUT2D eigenvalue weighted by atomic mass is 9.82. The summed E-state index contributed by atoms with van der Waals surface area (Å²) in [5.74, 6) is 1.68. The molecule has 0 saturated heterocycles. The van der Waals surface area contributed by atoms with Crippen LogP contribution in [0.4, 0.5) is 0 Å². The second-order valence-electron chi connectivity index (χ2n) is 6.48. The molecular weight excluding hydrogens is 268 g/mol. The Bertz CT molecular complexity index is 520. The zero-order chi connectivity index (χ0) is 14.9. The molecule has 3 rings (SSSR count). The van der Waals surface area contributed by atoms with Crippen molar-refractivity contribution in [3.63, 3.8) is 0 Å². The molecule has 6 nitrogen and oxygen atoms in total. The summed E-state index contributed by atoms with van der Waals surface area (Å²) in [4.78, 5) is 12.3. The molecule has 2 heterocycles. The summed E-state index contributed by atoms with van der Waals surface area (Å²) in [6.45, 7) is 2.86. The summed E-state index contributed by atoms with van der Waals surface area (Å²) in [5.41, 5.74) is -0.805. The van der Waals surface area contributed by atoms with Crippen LogP contribution in [0.25, 0.3) is 0 Å². The normalized spacial score (nSPS) is 24.4. The fourth-order valence-electron chi connectivity index (χ4n) is 3.58. The van der Waals surface area contributed by atoms with Crippen LogP contribution in [0.2, 0.25) is 0 Å². The van der Waals surface area contributed by atoms with Gasteiger partial charge in [-0.1, -0.05) is 19.3 Å². The molecule has 1 amide bonds. The molecule has 1 fully saturated rings. The number of aliphatic hydroxyl groups is 1. The summed E-state index contributed by atoms with van der Waals surface area (Å²) in [5, 5.41) is 21.8. The highest BCUT2D eigenvalue weighted by Crippen LogP contribution is 2.31. The van der Waals surface area contributed by atoms with Crippen molar-refractivity contribution in [2.75, 3.05) is 0 Å². The van der Waals surface area contributed by atoms with Gasteiger partial charge < -0.3 is 15.0 Å². The molecule has 1 aromatic rings. The Labute approximate surface area is 124 Å². The number of fused-ring (bicyclic) bond motifs is 1. The molecule has 116 valence electrons. The van der Waals surface area contributed by atoms with Crippen LogP contribution in [0.3, 0.4) is 0 Å². The topological polar surface area (TPSA) is 80.0 Å². The Kier molecular flexibility index (Phi) is 3.97. The SMILES string of the molecule is Cc1nnc2n1CCCC2NC(=O)CC1(O)CCCCC1. The molecular formula is C15H24N4O2. The molecule has 21 heavy (non-hydrogen) atoms. The molecule has 0 aromatic carbocycles. The summed E-state index contributed by atoms with van der Waals surface area (Å²) in [6.07, 6.45) is 6.77. The average molecular weight is 292 g/mol. The van der Waals surface area contributed by atoms with Gasteiger partial charge in [0.15, 0.2) is 5.82 Å². The summed E-state index contributed by atoms with van der Waals surface area (Å²) < 4.78 is 2.07. The van der Waals surface area contributed by atoms with Crippen LogP contribution >= 0.6 is 0 Å². The minimum absolute atomic E-state index is 0.0698. The summed E-state index contributed by atoms with van der Waals surface area (Å²) in [7, 11) is 0. The van der Waals surface area contributed by atoms with E-state index in [-0.39, 0.29) is 18.4 Å². The van der Waals surface area contributed by atoms with E-state index in [1.54, 1.807) is 0 Å². The number of hydrogen-bond donors (Lipinski definition) is 2. The molecule has 6 heteroatoms. The number of hydrogen-bond acceptors (Lipinski definition) is 4. The third kappa shape index (κ3) is 3.10. The first-order chi connectivity index (χ1) is 10.1. The van der Waals surface area contributed by atoms with Crippen molar-refractivity contribution in [3.05, 3.63) is 11.6 Å². The molecule has 2 N–H and O–H groups in total. The number of nitrogens with zero attached hydrogens (tertiary/aromatic N) is 3. The lowest BCUT2D eigenvalue weighted by Gasteiger charge is -2.32. The van der Waals surface area contributed by atoms with Gasteiger partial charge in [0.05, 0.1) is 18.1 Å². The van der Waals surface area contributed by atoms with Gasteiger partial charge in [-0.25, -0.2) is 0 Å². The van der Waals surface area contributed by atoms with Crippen molar-refractivity contribution in [3.8, 4) is 0 Å². The predicted molar refractivity (Wildman–Crippen MR) is 77.5 cm³/mol. The van der Waals surface area contributed by atoms with Gasteiger partial charge in [-0.3, -0.25) is 4.79 Å². The number of amides is 1. The number of carbonyl (C=O) groups is 1. The van der Waals surface area contributed by atoms with E-state index in [1.807, 2.05) is 6.92 Å². The molecule has 0 radical (unpaired) electrons. The molecule has 1 saturated carbocycles. The second kappa shape index (κ2) is 5.75. The smallest absolute Gasteiger partial charge is 0.223 e. The first-order valence-electron chi connectivity index (χ1n) is 7.99. The van der Waals surface area contributed by atoms with Gasteiger partial charge >= 0.3 is 0 Å². The Hall–Kier alpha value is -1.43. The van der Waals surface area contributed by atoms with Gasteiger partial charge in [0.1, 0.15) is 5.82 Å². The first-order valence-corrected chi connectivity index (χ1v) is 7.99. The minimum atomic E-state index is -0.805. The molecule has 1 unspecified atom stereocenters. The lowest BCUT2D eigenvalue weighted by Crippen LogP contribution is -2.40. The highest BCUT2D eigenvalue weighted by Gasteiger charge is 2.33. The van der Waals surface area contributed by atoms with Crippen molar-refractivity contribution in [2.45, 2.75) is 76.5 Å². The maximum absolute atomic E-state index is 12.3. The minimum Gasteiger partial charge on any atom is -0.389 e. The maximum Gasteiger partial charge on any atom is 0.223 e. The van der Waals surface area contributed by atoms with Gasteiger partial charge in [-0.05, 0) is 32.6 Å². The van der Waals surface area contributed by atoms with E-state index in [4.69, 9.17) is 0 Å². The number of aryl methyl sites for hydroxylation is 1. The Morgan fingerprint density at radius 3 is 2.86 bits per heavy atom. The molecule has 1 aliphatic carbocycles. The van der Waals surface area contributed by atoms with Crippen LogP contribution in [0.1, 0.15) is 69.1 Å². The molecule has 2 aliphatic rings. The van der Waals surface area contributed by atoms with E-state index in [0.29, 0.717) is 0 Å². The van der Waals surface area contributed by atoms with Crippen LogP contribution in [0, 0.1) is 6.92 Å². The number of carbonyl (C=O) groups excluding carboxylic acids is 1. The zero-order valence-corrected chi connectivity index (χ0v) is 12.6. The van der Waals surface area contributed by atoms with Gasteiger partial charge in [-0.2, -0.15) is 0 Å². The fourth-order valence-corrected chi connectivity index (χ4v) is 3.58. The lowest BCUT2D eigenvalue weighted by molar-refractivity contribution is -0.128. The largest absolute Gasteiger partial charge is 0.389 e. The average Bonchev–Trinajstić information content (AvgIpc) is 2.82. The molecule has 0 bridgehead atoms. The van der Waals surface area contributed by atoms with E-state index in [9.17, 15) is 9.90 Å². The van der Waals surface area contributed by atoms with E-state index >= 15 is 0 Å². The number of nitrogens with one attached hydrogen (secondary N) is 1. The van der Waals surface area contributed by atoms with Crippen LogP contribution in [-0.4, -0.2) is 31.4 Å². The standard InChI is InChI=1S/C15H24N4O2/c1-11-17-18-14-12(6-5-9-19(11)14)16-13(20)10-15(21)7-3-2-4-8-15/h12,21H,2-10H2,1H3,(H,16,20). The van der Waals surface area contributed by atoms with Crippen LogP contribution in [-0.2, 0) is 11.3 Å². The van der Waals surface area contributed by atoms with Crippen molar-refractivity contribution in [2.24, 2.45) is 0 Å². The summed E-state index contributed by atoms with van der Waals surface area (Å²) >= 11 is 0. The Balaban J connectivity index is 1.63. The molecule has 0 spiro atoms. The predicted octanol–water partition coefficient (Wildman–Crippen LogP) is 1.62. The van der Waals surface area contributed by atoms with Crippen molar-refractivity contribution in [1.82, 2.24) is 20.1 Å². The second-order valence-corrected chi connectivity index (χ2v) is 6.48. The quantitative estimate of drug-likeness (QED) is 0.887. The van der Waals surface area contributed by atoms with Gasteiger partial charge in [0.2, 0.25) is 5.91 Å². The Morgan fingerprint density at radius 2 is 2.10 bits per heavy atom. The van der Waals surface area contributed by atoms with E-state index < -0.39 is 5.60 Å². The molecule has 1 atom stereocenters. The third-order valence-corrected chi connectivity index (χ3v) is 4.76. The molecule has 1 aromatic heterocycles. The van der Waals surface area contributed by atoms with Crippen molar-refractivity contribution >= 4 is 5.91 Å². The number of aromatic nitrogens is 3. The fraction of sp³-hybridized carbons (Fsp3) is 0.800. The van der Waals surface area contributed by atoms with Gasteiger partial charge in [-0.15, -0.1) is 10.2 Å². The van der Waals surface area contributed by atoms with E-state index in [2.05, 4.69) is 20.1 Å². The van der Waals surface area contributed by atoms with Gasteiger partial charge in [0.25, 0.3) is 0 Å². The monoisotopic (exact) mass is 292 g/mol. The first kappa shape index (κ1) is 14.5. The van der Waals surface area contributed by atoms with Crippen molar-refractivity contribution in [1.29, 1.82) is 0 Å². The number of rotatable bonds is 3. The van der Waals surface area contributed by atoms with E-state index in [1.165, 1.54) is 0 Å². The van der Waals surface area contributed by atoms with Gasteiger partial charge in [0, 0.05) is 6.54 Å².